The van der Waals surface area contributed by atoms with Crippen molar-refractivity contribution < 1.29 is 19.5 Å². The molecule has 0 aromatic carbocycles. The average molecular weight is 286 g/mol. The second-order valence-electron chi connectivity index (χ2n) is 5.03. The summed E-state index contributed by atoms with van der Waals surface area (Å²) < 4.78 is 0. The number of urea groups is 1. The van der Waals surface area contributed by atoms with Crippen molar-refractivity contribution in [3.63, 3.8) is 0 Å². The Balaban J connectivity index is 2.33. The van der Waals surface area contributed by atoms with E-state index >= 15 is 0 Å². The molecule has 0 saturated carbocycles. The third kappa shape index (κ3) is 5.43. The van der Waals surface area contributed by atoms with Crippen LogP contribution in [-0.4, -0.2) is 60.1 Å². The Morgan fingerprint density at radius 3 is 2.65 bits per heavy atom. The smallest absolute Gasteiger partial charge is 0.326 e. The third-order valence-electron chi connectivity index (χ3n) is 3.45. The maximum absolute atomic E-state index is 11.6. The van der Waals surface area contributed by atoms with Gasteiger partial charge in [0.25, 0.3) is 0 Å². The van der Waals surface area contributed by atoms with Crippen molar-refractivity contribution in [1.29, 1.82) is 0 Å². The molecule has 0 bridgehead atoms. The first-order chi connectivity index (χ1) is 9.40. The van der Waals surface area contributed by atoms with Gasteiger partial charge in [-0.25, -0.2) is 9.59 Å². The van der Waals surface area contributed by atoms with Gasteiger partial charge >= 0.3 is 12.0 Å². The van der Waals surface area contributed by atoms with Gasteiger partial charge in [0.2, 0.25) is 5.91 Å². The third-order valence-corrected chi connectivity index (χ3v) is 3.45. The lowest BCUT2D eigenvalue weighted by Gasteiger charge is -2.20. The number of nitrogens with one attached hydrogen (secondary N) is 2. The van der Waals surface area contributed by atoms with Gasteiger partial charge in [-0.15, -0.1) is 0 Å². The predicted octanol–water partition coefficient (Wildman–Crippen LogP) is -0.901. The maximum Gasteiger partial charge on any atom is 0.326 e. The molecule has 1 fully saturated rings. The zero-order valence-corrected chi connectivity index (χ0v) is 11.6. The molecule has 1 unspecified atom stereocenters. The quantitative estimate of drug-likeness (QED) is 0.482. The Morgan fingerprint density at radius 2 is 2.15 bits per heavy atom. The monoisotopic (exact) mass is 286 g/mol. The van der Waals surface area contributed by atoms with Crippen molar-refractivity contribution in [3.05, 3.63) is 0 Å². The van der Waals surface area contributed by atoms with Crippen LogP contribution in [0.4, 0.5) is 4.79 Å². The molecule has 20 heavy (non-hydrogen) atoms. The molecular formula is C12H22N4O4. The lowest BCUT2D eigenvalue weighted by molar-refractivity contribution is -0.139. The zero-order valence-electron chi connectivity index (χ0n) is 11.6. The summed E-state index contributed by atoms with van der Waals surface area (Å²) >= 11 is 0. The first-order valence-corrected chi connectivity index (χ1v) is 6.66. The Hall–Kier alpha value is -1.83. The second kappa shape index (κ2) is 7.68. The topological polar surface area (TPSA) is 125 Å². The molecule has 8 heteroatoms. The van der Waals surface area contributed by atoms with Crippen LogP contribution in [0.25, 0.3) is 0 Å². The molecule has 0 aromatic heterocycles. The van der Waals surface area contributed by atoms with Gasteiger partial charge in [-0.1, -0.05) is 0 Å². The van der Waals surface area contributed by atoms with E-state index in [1.807, 2.05) is 7.05 Å². The SMILES string of the molecule is CN1CCCC1CNC(=O)N[C@@H](CCC(N)=O)C(=O)O. The number of amides is 3. The van der Waals surface area contributed by atoms with Gasteiger partial charge in [0, 0.05) is 19.0 Å². The number of likely N-dealkylation sites (N-methyl/N-ethyl adjacent to an activating group) is 1. The van der Waals surface area contributed by atoms with E-state index in [0.29, 0.717) is 6.54 Å². The van der Waals surface area contributed by atoms with E-state index in [1.54, 1.807) is 0 Å². The minimum Gasteiger partial charge on any atom is -0.480 e. The van der Waals surface area contributed by atoms with Gasteiger partial charge in [-0.3, -0.25) is 4.79 Å². The summed E-state index contributed by atoms with van der Waals surface area (Å²) in [7, 11) is 1.99. The highest BCUT2D eigenvalue weighted by Crippen LogP contribution is 2.13. The number of hydrogen-bond donors (Lipinski definition) is 4. The average Bonchev–Trinajstić information content (AvgIpc) is 2.77. The molecule has 1 rings (SSSR count). The number of nitrogens with zero attached hydrogens (tertiary/aromatic N) is 1. The van der Waals surface area contributed by atoms with Crippen molar-refractivity contribution in [2.45, 2.75) is 37.8 Å². The van der Waals surface area contributed by atoms with E-state index in [1.165, 1.54) is 0 Å². The number of primary amides is 1. The number of aliphatic carboxylic acids is 1. The molecule has 2 atom stereocenters. The Labute approximate surface area is 117 Å². The van der Waals surface area contributed by atoms with Gasteiger partial charge in [-0.2, -0.15) is 0 Å². The van der Waals surface area contributed by atoms with Crippen LogP contribution in [0.2, 0.25) is 0 Å². The number of hydrogen-bond acceptors (Lipinski definition) is 4. The predicted molar refractivity (Wildman–Crippen MR) is 72.0 cm³/mol. The van der Waals surface area contributed by atoms with E-state index < -0.39 is 23.9 Å². The highest BCUT2D eigenvalue weighted by molar-refractivity contribution is 5.83. The van der Waals surface area contributed by atoms with Crippen LogP contribution in [0.5, 0.6) is 0 Å². The molecule has 1 saturated heterocycles. The van der Waals surface area contributed by atoms with Crippen LogP contribution in [0.3, 0.4) is 0 Å². The highest BCUT2D eigenvalue weighted by Gasteiger charge is 2.23. The molecule has 1 aliphatic heterocycles. The largest absolute Gasteiger partial charge is 0.480 e. The van der Waals surface area contributed by atoms with E-state index in [0.717, 1.165) is 19.4 Å². The van der Waals surface area contributed by atoms with Crippen LogP contribution in [-0.2, 0) is 9.59 Å². The van der Waals surface area contributed by atoms with Crippen LogP contribution in [0, 0.1) is 0 Å². The highest BCUT2D eigenvalue weighted by atomic mass is 16.4. The molecule has 5 N–H and O–H groups in total. The van der Waals surface area contributed by atoms with Gasteiger partial charge in [0.05, 0.1) is 0 Å². The van der Waals surface area contributed by atoms with E-state index in [-0.39, 0.29) is 18.9 Å². The second-order valence-corrected chi connectivity index (χ2v) is 5.03. The summed E-state index contributed by atoms with van der Waals surface area (Å²) in [5.74, 6) is -1.77. The number of nitrogens with two attached hydrogens (primary N) is 1. The summed E-state index contributed by atoms with van der Waals surface area (Å²) in [6.45, 7) is 1.48. The molecule has 0 aliphatic carbocycles. The number of carboxylic acid groups (broad SMARTS) is 1. The van der Waals surface area contributed by atoms with Gasteiger partial charge in [0.1, 0.15) is 6.04 Å². The number of carbonyl (C=O) groups excluding carboxylic acids is 2. The number of likely N-dealkylation sites (tertiary alicyclic amines) is 1. The normalized spacial score (nSPS) is 20.4. The molecule has 1 heterocycles. The first-order valence-electron chi connectivity index (χ1n) is 6.66. The molecule has 0 radical (unpaired) electrons. The minimum absolute atomic E-state index is 0.0125. The van der Waals surface area contributed by atoms with Gasteiger partial charge in [-0.05, 0) is 32.9 Å². The van der Waals surface area contributed by atoms with Crippen molar-refractivity contribution >= 4 is 17.9 Å². The van der Waals surface area contributed by atoms with Gasteiger partial charge < -0.3 is 26.4 Å². The van der Waals surface area contributed by atoms with Crippen molar-refractivity contribution in [2.75, 3.05) is 20.1 Å². The molecule has 114 valence electrons. The van der Waals surface area contributed by atoms with Crippen molar-refractivity contribution in [1.82, 2.24) is 15.5 Å². The minimum atomic E-state index is -1.18. The summed E-state index contributed by atoms with van der Waals surface area (Å²) in [4.78, 5) is 35.4. The first kappa shape index (κ1) is 16.2. The molecule has 0 aromatic rings. The lowest BCUT2D eigenvalue weighted by atomic mass is 10.1. The van der Waals surface area contributed by atoms with Crippen LogP contribution in [0.15, 0.2) is 0 Å². The maximum atomic E-state index is 11.6. The fraction of sp³-hybridized carbons (Fsp3) is 0.750. The molecule has 1 aliphatic rings. The Morgan fingerprint density at radius 1 is 1.45 bits per heavy atom. The van der Waals surface area contributed by atoms with Crippen LogP contribution in [0.1, 0.15) is 25.7 Å². The molecule has 8 nitrogen and oxygen atoms in total. The lowest BCUT2D eigenvalue weighted by Crippen LogP contribution is -2.49. The Bertz CT molecular complexity index is 374. The Kier molecular flexibility index (Phi) is 6.23. The van der Waals surface area contributed by atoms with Crippen LogP contribution >= 0.6 is 0 Å². The number of carboxylic acids is 1. The summed E-state index contributed by atoms with van der Waals surface area (Å²) in [5.41, 5.74) is 4.96. The zero-order chi connectivity index (χ0) is 15.1. The van der Waals surface area contributed by atoms with Crippen LogP contribution < -0.4 is 16.4 Å². The van der Waals surface area contributed by atoms with E-state index in [2.05, 4.69) is 15.5 Å². The molecular weight excluding hydrogens is 264 g/mol. The van der Waals surface area contributed by atoms with Crippen molar-refractivity contribution in [3.8, 4) is 0 Å². The summed E-state index contributed by atoms with van der Waals surface area (Å²) in [6.07, 6.45) is 2.02. The standard InChI is InChI=1S/C12H22N4O4/c1-16-6-2-3-8(16)7-14-12(20)15-9(11(18)19)4-5-10(13)17/h8-9H,2-7H2,1H3,(H2,13,17)(H,18,19)(H2,14,15,20)/t8?,9-/m0/s1. The fourth-order valence-electron chi connectivity index (χ4n) is 2.20. The number of rotatable bonds is 7. The number of carbonyl (C=O) groups is 3. The van der Waals surface area contributed by atoms with E-state index in [4.69, 9.17) is 10.8 Å². The molecule has 0 spiro atoms. The summed E-state index contributed by atoms with van der Waals surface area (Å²) in [5, 5.41) is 13.9. The molecule has 3 amide bonds. The van der Waals surface area contributed by atoms with E-state index in [9.17, 15) is 14.4 Å². The summed E-state index contributed by atoms with van der Waals surface area (Å²) in [6, 6.07) is -1.36. The van der Waals surface area contributed by atoms with Crippen molar-refractivity contribution in [2.24, 2.45) is 5.73 Å². The fourth-order valence-corrected chi connectivity index (χ4v) is 2.20. The van der Waals surface area contributed by atoms with Gasteiger partial charge in [0.15, 0.2) is 0 Å².